The first-order valence-electron chi connectivity index (χ1n) is 7.90. The van der Waals surface area contributed by atoms with Crippen LogP contribution in [0.15, 0.2) is 36.4 Å². The Bertz CT molecular complexity index is 784. The Kier molecular flexibility index (Phi) is 4.83. The van der Waals surface area contributed by atoms with Crippen LogP contribution in [0.4, 0.5) is 5.82 Å². The summed E-state index contributed by atoms with van der Waals surface area (Å²) in [5.74, 6) is 1.35. The van der Waals surface area contributed by atoms with Gasteiger partial charge in [0.05, 0.1) is 19.9 Å². The van der Waals surface area contributed by atoms with Crippen LogP contribution in [-0.4, -0.2) is 37.1 Å². The van der Waals surface area contributed by atoms with E-state index < -0.39 is 6.04 Å². The van der Waals surface area contributed by atoms with E-state index in [1.165, 1.54) is 0 Å². The second-order valence-electron chi connectivity index (χ2n) is 5.66. The van der Waals surface area contributed by atoms with Crippen molar-refractivity contribution in [1.29, 1.82) is 0 Å². The number of pyridine rings is 1. The largest absolute Gasteiger partial charge is 0.497 e. The number of benzene rings is 1. The van der Waals surface area contributed by atoms with Crippen LogP contribution < -0.4 is 20.1 Å². The van der Waals surface area contributed by atoms with Crippen LogP contribution in [0, 0.1) is 0 Å². The number of aromatic nitrogens is 1. The molecule has 130 valence electrons. The quantitative estimate of drug-likeness (QED) is 0.868. The molecule has 7 nitrogen and oxygen atoms in total. The van der Waals surface area contributed by atoms with E-state index in [9.17, 15) is 9.59 Å². The molecular weight excluding hydrogens is 322 g/mol. The minimum atomic E-state index is -0.505. The normalized spacial score (nSPS) is 16.2. The lowest BCUT2D eigenvalue weighted by Crippen LogP contribution is -2.37. The number of methoxy groups -OCH3 is 2. The number of nitrogens with one attached hydrogen (secondary N) is 2. The minimum Gasteiger partial charge on any atom is -0.497 e. The molecule has 1 atom stereocenters. The summed E-state index contributed by atoms with van der Waals surface area (Å²) in [6.45, 7) is 0. The summed E-state index contributed by atoms with van der Waals surface area (Å²) >= 11 is 0. The minimum absolute atomic E-state index is 0.106. The zero-order valence-electron chi connectivity index (χ0n) is 14.0. The molecule has 1 aromatic heterocycles. The molecule has 1 aliphatic rings. The molecule has 7 heteroatoms. The van der Waals surface area contributed by atoms with Gasteiger partial charge in [0.2, 0.25) is 11.8 Å². The zero-order valence-corrected chi connectivity index (χ0v) is 14.0. The first-order valence-corrected chi connectivity index (χ1v) is 7.90. The molecule has 0 bridgehead atoms. The average Bonchev–Trinajstić information content (AvgIpc) is 3.08. The number of ether oxygens (including phenoxy) is 2. The van der Waals surface area contributed by atoms with Crippen molar-refractivity contribution in [2.45, 2.75) is 18.9 Å². The molecule has 0 aliphatic carbocycles. The van der Waals surface area contributed by atoms with Crippen molar-refractivity contribution >= 4 is 17.6 Å². The maximum Gasteiger partial charge on any atom is 0.248 e. The summed E-state index contributed by atoms with van der Waals surface area (Å²) in [5, 5.41) is 5.38. The standard InChI is InChI=1S/C18H19N3O4/c1-24-12-8-11(9-13(10-12)25-2)14-4-3-5-16(19-14)21-18(23)15-6-7-17(22)20-15/h3-5,8-10,15H,6-7H2,1-2H3,(H,20,22)(H,19,21,23). The number of nitrogens with zero attached hydrogens (tertiary/aromatic N) is 1. The van der Waals surface area contributed by atoms with E-state index in [0.717, 1.165) is 5.56 Å². The lowest BCUT2D eigenvalue weighted by molar-refractivity contribution is -0.122. The van der Waals surface area contributed by atoms with E-state index >= 15 is 0 Å². The highest BCUT2D eigenvalue weighted by Crippen LogP contribution is 2.29. The summed E-state index contributed by atoms with van der Waals surface area (Å²) in [6, 6.07) is 10.3. The van der Waals surface area contributed by atoms with E-state index in [4.69, 9.17) is 9.47 Å². The van der Waals surface area contributed by atoms with Crippen LogP contribution in [0.2, 0.25) is 0 Å². The van der Waals surface area contributed by atoms with Crippen LogP contribution >= 0.6 is 0 Å². The molecule has 2 heterocycles. The summed E-state index contributed by atoms with van der Waals surface area (Å²) in [7, 11) is 3.16. The summed E-state index contributed by atoms with van der Waals surface area (Å²) in [4.78, 5) is 27.9. The number of rotatable bonds is 5. The third kappa shape index (κ3) is 3.88. The second-order valence-corrected chi connectivity index (χ2v) is 5.66. The molecule has 0 radical (unpaired) electrons. The Morgan fingerprint density at radius 1 is 1.20 bits per heavy atom. The van der Waals surface area contributed by atoms with Crippen LogP contribution in [0.25, 0.3) is 11.3 Å². The fraction of sp³-hybridized carbons (Fsp3) is 0.278. The first-order chi connectivity index (χ1) is 12.1. The predicted molar refractivity (Wildman–Crippen MR) is 92.6 cm³/mol. The van der Waals surface area contributed by atoms with Gasteiger partial charge in [0.25, 0.3) is 0 Å². The second kappa shape index (κ2) is 7.21. The van der Waals surface area contributed by atoms with Crippen molar-refractivity contribution < 1.29 is 19.1 Å². The van der Waals surface area contributed by atoms with Gasteiger partial charge in [-0.25, -0.2) is 4.98 Å². The fourth-order valence-corrected chi connectivity index (χ4v) is 2.64. The van der Waals surface area contributed by atoms with E-state index in [-0.39, 0.29) is 11.8 Å². The van der Waals surface area contributed by atoms with Crippen molar-refractivity contribution in [2.75, 3.05) is 19.5 Å². The Morgan fingerprint density at radius 2 is 1.92 bits per heavy atom. The first kappa shape index (κ1) is 16.8. The van der Waals surface area contributed by atoms with Gasteiger partial charge < -0.3 is 20.1 Å². The number of carbonyl (C=O) groups is 2. The molecule has 25 heavy (non-hydrogen) atoms. The van der Waals surface area contributed by atoms with Gasteiger partial charge in [-0.05, 0) is 30.7 Å². The maximum atomic E-state index is 12.2. The van der Waals surface area contributed by atoms with Gasteiger partial charge in [0.15, 0.2) is 0 Å². The van der Waals surface area contributed by atoms with E-state index in [2.05, 4.69) is 15.6 Å². The molecule has 2 N–H and O–H groups in total. The van der Waals surface area contributed by atoms with Gasteiger partial charge in [-0.2, -0.15) is 0 Å². The maximum absolute atomic E-state index is 12.2. The van der Waals surface area contributed by atoms with Crippen molar-refractivity contribution in [3.05, 3.63) is 36.4 Å². The molecule has 2 amide bonds. The Morgan fingerprint density at radius 3 is 2.52 bits per heavy atom. The fourth-order valence-electron chi connectivity index (χ4n) is 2.64. The molecule has 3 rings (SSSR count). The van der Waals surface area contributed by atoms with Crippen molar-refractivity contribution in [3.8, 4) is 22.8 Å². The summed E-state index contributed by atoms with van der Waals surface area (Å²) in [6.07, 6.45) is 0.868. The smallest absolute Gasteiger partial charge is 0.248 e. The zero-order chi connectivity index (χ0) is 17.8. The summed E-state index contributed by atoms with van der Waals surface area (Å²) in [5.41, 5.74) is 1.48. The van der Waals surface area contributed by atoms with Crippen LogP contribution in [0.3, 0.4) is 0 Å². The summed E-state index contributed by atoms with van der Waals surface area (Å²) < 4.78 is 10.5. The van der Waals surface area contributed by atoms with Crippen LogP contribution in [-0.2, 0) is 9.59 Å². The van der Waals surface area contributed by atoms with Gasteiger partial charge in [-0.3, -0.25) is 9.59 Å². The third-order valence-electron chi connectivity index (χ3n) is 3.96. The van der Waals surface area contributed by atoms with Gasteiger partial charge in [-0.1, -0.05) is 6.07 Å². The number of hydrogen-bond donors (Lipinski definition) is 2. The van der Waals surface area contributed by atoms with Crippen molar-refractivity contribution in [1.82, 2.24) is 10.3 Å². The monoisotopic (exact) mass is 341 g/mol. The highest BCUT2D eigenvalue weighted by Gasteiger charge is 2.27. The van der Waals surface area contributed by atoms with Gasteiger partial charge in [-0.15, -0.1) is 0 Å². The number of anilines is 1. The topological polar surface area (TPSA) is 89.5 Å². The Labute approximate surface area is 145 Å². The highest BCUT2D eigenvalue weighted by molar-refractivity contribution is 5.98. The molecule has 1 aromatic carbocycles. The molecule has 2 aromatic rings. The van der Waals surface area contributed by atoms with Gasteiger partial charge >= 0.3 is 0 Å². The van der Waals surface area contributed by atoms with Gasteiger partial charge in [0, 0.05) is 18.1 Å². The van der Waals surface area contributed by atoms with E-state index in [0.29, 0.717) is 35.9 Å². The van der Waals surface area contributed by atoms with E-state index in [1.807, 2.05) is 18.2 Å². The van der Waals surface area contributed by atoms with Gasteiger partial charge in [0.1, 0.15) is 23.4 Å². The van der Waals surface area contributed by atoms with Crippen molar-refractivity contribution in [3.63, 3.8) is 0 Å². The SMILES string of the molecule is COc1cc(OC)cc(-c2cccc(NC(=O)C3CCC(=O)N3)n2)c1. The Hall–Kier alpha value is -3.09. The molecule has 1 saturated heterocycles. The van der Waals surface area contributed by atoms with Crippen LogP contribution in [0.5, 0.6) is 11.5 Å². The average molecular weight is 341 g/mol. The predicted octanol–water partition coefficient (Wildman–Crippen LogP) is 1.98. The van der Waals surface area contributed by atoms with Crippen molar-refractivity contribution in [2.24, 2.45) is 0 Å². The molecular formula is C18H19N3O4. The molecule has 0 saturated carbocycles. The number of hydrogen-bond acceptors (Lipinski definition) is 5. The third-order valence-corrected chi connectivity index (χ3v) is 3.96. The molecule has 0 spiro atoms. The number of amides is 2. The molecule has 1 aliphatic heterocycles. The van der Waals surface area contributed by atoms with Crippen LogP contribution in [0.1, 0.15) is 12.8 Å². The molecule has 1 fully saturated rings. The molecule has 1 unspecified atom stereocenters. The highest BCUT2D eigenvalue weighted by atomic mass is 16.5. The lowest BCUT2D eigenvalue weighted by atomic mass is 10.1. The number of carbonyl (C=O) groups excluding carboxylic acids is 2. The van der Waals surface area contributed by atoms with E-state index in [1.54, 1.807) is 32.4 Å². The lowest BCUT2D eigenvalue weighted by Gasteiger charge is -2.12. The Balaban J connectivity index is 1.82.